The predicted octanol–water partition coefficient (Wildman–Crippen LogP) is 2.95. The first-order valence-corrected chi connectivity index (χ1v) is 13.5. The zero-order valence-electron chi connectivity index (χ0n) is 19.8. The average Bonchev–Trinajstić information content (AvgIpc) is 3.45. The molecule has 0 radical (unpaired) electrons. The van der Waals surface area contributed by atoms with Gasteiger partial charge in [0.15, 0.2) is 0 Å². The van der Waals surface area contributed by atoms with Gasteiger partial charge < -0.3 is 19.7 Å². The lowest BCUT2D eigenvalue weighted by molar-refractivity contribution is 0.0934. The van der Waals surface area contributed by atoms with Gasteiger partial charge >= 0.3 is 6.09 Å². The second kappa shape index (κ2) is 9.55. The van der Waals surface area contributed by atoms with E-state index in [9.17, 15) is 23.1 Å². The lowest BCUT2D eigenvalue weighted by Gasteiger charge is -2.36. The number of amides is 2. The molecule has 10 nitrogen and oxygen atoms in total. The Kier molecular flexibility index (Phi) is 6.44. The van der Waals surface area contributed by atoms with Crippen LogP contribution in [0.1, 0.15) is 48.0 Å². The fraction of sp³-hybridized carbons (Fsp3) is 0.400. The van der Waals surface area contributed by atoms with E-state index in [1.165, 1.54) is 9.21 Å². The van der Waals surface area contributed by atoms with Crippen molar-refractivity contribution in [3.05, 3.63) is 66.1 Å². The Labute approximate surface area is 209 Å². The van der Waals surface area contributed by atoms with Gasteiger partial charge in [-0.1, -0.05) is 12.1 Å². The fourth-order valence-electron chi connectivity index (χ4n) is 5.42. The van der Waals surface area contributed by atoms with Crippen molar-refractivity contribution in [2.75, 3.05) is 19.6 Å². The van der Waals surface area contributed by atoms with Gasteiger partial charge in [0.2, 0.25) is 10.0 Å². The number of fused-ring (bicyclic) bond motifs is 1. The molecular weight excluding hydrogens is 482 g/mol. The molecule has 2 amide bonds. The Hall–Kier alpha value is -3.44. The number of aromatic nitrogens is 2. The Morgan fingerprint density at radius 1 is 1.00 bits per heavy atom. The van der Waals surface area contributed by atoms with E-state index in [2.05, 4.69) is 10.3 Å². The molecule has 0 saturated carbocycles. The molecule has 1 spiro atoms. The van der Waals surface area contributed by atoms with E-state index in [0.717, 1.165) is 24.1 Å². The summed E-state index contributed by atoms with van der Waals surface area (Å²) in [7, 11) is -3.70. The number of imidazole rings is 1. The lowest BCUT2D eigenvalue weighted by Crippen LogP contribution is -2.47. The average molecular weight is 512 g/mol. The first kappa shape index (κ1) is 24.3. The zero-order chi connectivity index (χ0) is 25.3. The highest BCUT2D eigenvalue weighted by Gasteiger charge is 2.45. The van der Waals surface area contributed by atoms with Crippen molar-refractivity contribution in [1.29, 1.82) is 0 Å². The van der Waals surface area contributed by atoms with Crippen molar-refractivity contribution >= 4 is 27.7 Å². The first-order valence-electron chi connectivity index (χ1n) is 12.1. The van der Waals surface area contributed by atoms with Crippen LogP contribution < -0.4 is 5.32 Å². The van der Waals surface area contributed by atoms with Crippen molar-refractivity contribution in [1.82, 2.24) is 23.9 Å². The Bertz CT molecular complexity index is 1390. The standard InChI is InChI=1S/C25H29N5O5S/c31-23(20-5-8-22-26-12-16-28(22)18-20)27-17-19-3-6-21(7-4-19)36(34,35)29-13-1-9-25(11-15-29)10-2-14-30(25)24(32)33/h3-8,12,16,18H,1-2,9-11,13-15,17H2,(H,27,31)(H,32,33). The minimum absolute atomic E-state index is 0.195. The minimum atomic E-state index is -3.70. The SMILES string of the molecule is O=C(NCc1ccc(S(=O)(=O)N2CCCC3(CCCN3C(=O)O)CC2)cc1)c1ccc2nccn2c1. The Balaban J connectivity index is 1.22. The van der Waals surface area contributed by atoms with Crippen LogP contribution in [-0.4, -0.2) is 69.3 Å². The van der Waals surface area contributed by atoms with E-state index < -0.39 is 21.7 Å². The predicted molar refractivity (Wildman–Crippen MR) is 132 cm³/mol. The summed E-state index contributed by atoms with van der Waals surface area (Å²) in [5, 5.41) is 12.5. The van der Waals surface area contributed by atoms with Crippen LogP contribution >= 0.6 is 0 Å². The molecule has 190 valence electrons. The van der Waals surface area contributed by atoms with Crippen LogP contribution in [-0.2, 0) is 16.6 Å². The number of carbonyl (C=O) groups excluding carboxylic acids is 1. The highest BCUT2D eigenvalue weighted by Crippen LogP contribution is 2.39. The third-order valence-electron chi connectivity index (χ3n) is 7.37. The van der Waals surface area contributed by atoms with Gasteiger partial charge in [0.1, 0.15) is 5.65 Å². The van der Waals surface area contributed by atoms with Crippen LogP contribution in [0.2, 0.25) is 0 Å². The highest BCUT2D eigenvalue weighted by molar-refractivity contribution is 7.89. The number of nitrogens with one attached hydrogen (secondary N) is 1. The summed E-state index contributed by atoms with van der Waals surface area (Å²) < 4.78 is 29.9. The van der Waals surface area contributed by atoms with E-state index in [4.69, 9.17) is 0 Å². The number of carbonyl (C=O) groups is 2. The second-order valence-electron chi connectivity index (χ2n) is 9.46. The molecular formula is C25H29N5O5S. The van der Waals surface area contributed by atoms with Crippen LogP contribution in [0.4, 0.5) is 4.79 Å². The molecule has 2 aliphatic heterocycles. The van der Waals surface area contributed by atoms with Crippen molar-refractivity contribution in [2.45, 2.75) is 49.1 Å². The molecule has 36 heavy (non-hydrogen) atoms. The molecule has 4 heterocycles. The third kappa shape index (κ3) is 4.56. The molecule has 2 aromatic heterocycles. The molecule has 0 bridgehead atoms. The van der Waals surface area contributed by atoms with Gasteiger partial charge in [0, 0.05) is 50.3 Å². The molecule has 3 aromatic rings. The van der Waals surface area contributed by atoms with E-state index in [1.54, 1.807) is 59.4 Å². The number of carboxylic acid groups (broad SMARTS) is 1. The number of hydrogen-bond donors (Lipinski definition) is 2. The van der Waals surface area contributed by atoms with Crippen molar-refractivity contribution < 1.29 is 23.1 Å². The Morgan fingerprint density at radius 3 is 2.50 bits per heavy atom. The van der Waals surface area contributed by atoms with Gasteiger partial charge in [-0.15, -0.1) is 0 Å². The third-order valence-corrected chi connectivity index (χ3v) is 9.28. The molecule has 1 aromatic carbocycles. The van der Waals surface area contributed by atoms with Gasteiger partial charge in [0.25, 0.3) is 5.91 Å². The van der Waals surface area contributed by atoms with Crippen LogP contribution in [0.3, 0.4) is 0 Å². The maximum Gasteiger partial charge on any atom is 0.407 e. The van der Waals surface area contributed by atoms with Crippen LogP contribution in [0.15, 0.2) is 59.9 Å². The summed E-state index contributed by atoms with van der Waals surface area (Å²) >= 11 is 0. The lowest BCUT2D eigenvalue weighted by atomic mass is 9.88. The molecule has 0 aliphatic carbocycles. The van der Waals surface area contributed by atoms with Crippen LogP contribution in [0.5, 0.6) is 0 Å². The normalized spacial score (nSPS) is 21.1. The smallest absolute Gasteiger partial charge is 0.407 e. The molecule has 1 unspecified atom stereocenters. The van der Waals surface area contributed by atoms with Gasteiger partial charge in [0.05, 0.1) is 10.5 Å². The highest BCUT2D eigenvalue weighted by atomic mass is 32.2. The summed E-state index contributed by atoms with van der Waals surface area (Å²) in [6.07, 6.45) is 7.62. The molecule has 5 rings (SSSR count). The van der Waals surface area contributed by atoms with Crippen molar-refractivity contribution in [3.63, 3.8) is 0 Å². The van der Waals surface area contributed by atoms with Gasteiger partial charge in [-0.3, -0.25) is 4.79 Å². The monoisotopic (exact) mass is 511 g/mol. The van der Waals surface area contributed by atoms with Crippen LogP contribution in [0.25, 0.3) is 5.65 Å². The second-order valence-corrected chi connectivity index (χ2v) is 11.4. The van der Waals surface area contributed by atoms with E-state index in [1.807, 2.05) is 0 Å². The summed E-state index contributed by atoms with van der Waals surface area (Å²) in [5.41, 5.74) is 1.58. The topological polar surface area (TPSA) is 124 Å². The van der Waals surface area contributed by atoms with E-state index in [-0.39, 0.29) is 17.3 Å². The zero-order valence-corrected chi connectivity index (χ0v) is 20.7. The van der Waals surface area contributed by atoms with Crippen molar-refractivity contribution in [2.24, 2.45) is 0 Å². The summed E-state index contributed by atoms with van der Waals surface area (Å²) in [4.78, 5) is 30.1. The summed E-state index contributed by atoms with van der Waals surface area (Å²) in [6.45, 7) is 1.44. The number of sulfonamides is 1. The van der Waals surface area contributed by atoms with Gasteiger partial charge in [-0.2, -0.15) is 4.31 Å². The maximum absolute atomic E-state index is 13.3. The van der Waals surface area contributed by atoms with Crippen molar-refractivity contribution in [3.8, 4) is 0 Å². The number of nitrogens with zero attached hydrogens (tertiary/aromatic N) is 4. The number of likely N-dealkylation sites (tertiary alicyclic amines) is 1. The molecule has 2 saturated heterocycles. The van der Waals surface area contributed by atoms with Gasteiger partial charge in [-0.25, -0.2) is 18.2 Å². The van der Waals surface area contributed by atoms with E-state index in [0.29, 0.717) is 44.5 Å². The first-order chi connectivity index (χ1) is 17.3. The largest absolute Gasteiger partial charge is 0.465 e. The molecule has 2 N–H and O–H groups in total. The Morgan fingerprint density at radius 2 is 1.75 bits per heavy atom. The number of pyridine rings is 1. The number of hydrogen-bond acceptors (Lipinski definition) is 5. The summed E-state index contributed by atoms with van der Waals surface area (Å²) in [6, 6.07) is 10.0. The number of rotatable bonds is 5. The molecule has 1 atom stereocenters. The van der Waals surface area contributed by atoms with E-state index >= 15 is 0 Å². The maximum atomic E-state index is 13.3. The molecule has 11 heteroatoms. The fourth-order valence-corrected chi connectivity index (χ4v) is 6.90. The molecule has 2 fully saturated rings. The molecule has 2 aliphatic rings. The van der Waals surface area contributed by atoms with Crippen LogP contribution in [0, 0.1) is 0 Å². The summed E-state index contributed by atoms with van der Waals surface area (Å²) in [5.74, 6) is -0.233. The van der Waals surface area contributed by atoms with Gasteiger partial charge in [-0.05, 0) is 61.9 Å². The minimum Gasteiger partial charge on any atom is -0.465 e. The number of benzene rings is 1. The quantitative estimate of drug-likeness (QED) is 0.543.